The lowest BCUT2D eigenvalue weighted by molar-refractivity contribution is -0.125. The second kappa shape index (κ2) is 7.54. The Morgan fingerprint density at radius 2 is 1.89 bits per heavy atom. The lowest BCUT2D eigenvalue weighted by atomic mass is 10.2. The number of ether oxygens (including phenoxy) is 1. The van der Waals surface area contributed by atoms with E-state index in [2.05, 4.69) is 0 Å². The van der Waals surface area contributed by atoms with Crippen molar-refractivity contribution in [2.24, 2.45) is 0 Å². The maximum atomic E-state index is 11.8. The Morgan fingerprint density at radius 1 is 1.22 bits per heavy atom. The molecule has 98 valence electrons. The number of benzene rings is 1. The second-order valence-electron chi connectivity index (χ2n) is 3.81. The van der Waals surface area contributed by atoms with E-state index in [0.29, 0.717) is 6.61 Å². The van der Waals surface area contributed by atoms with E-state index in [9.17, 15) is 4.79 Å². The van der Waals surface area contributed by atoms with Crippen LogP contribution in [0.1, 0.15) is 26.3 Å². The van der Waals surface area contributed by atoms with Crippen LogP contribution in [0.3, 0.4) is 0 Å². The van der Waals surface area contributed by atoms with Crippen LogP contribution >= 0.6 is 0 Å². The molecule has 1 rings (SSSR count). The van der Waals surface area contributed by atoms with Gasteiger partial charge in [-0.05, 0) is 32.9 Å². The Labute approximate surface area is 109 Å². The van der Waals surface area contributed by atoms with Crippen molar-refractivity contribution in [2.45, 2.75) is 20.8 Å². The quantitative estimate of drug-likeness (QED) is 0.723. The maximum absolute atomic E-state index is 11.8. The third kappa shape index (κ3) is 3.91. The van der Waals surface area contributed by atoms with Crippen LogP contribution in [0.2, 0.25) is 0 Å². The Kier molecular flexibility index (Phi) is 5.98. The zero-order valence-electron chi connectivity index (χ0n) is 11.3. The highest BCUT2D eigenvalue weighted by Gasteiger charge is 2.05. The van der Waals surface area contributed by atoms with Gasteiger partial charge >= 0.3 is 0 Å². The van der Waals surface area contributed by atoms with E-state index in [1.165, 1.54) is 0 Å². The summed E-state index contributed by atoms with van der Waals surface area (Å²) in [5, 5.41) is 0. The molecule has 0 fully saturated rings. The van der Waals surface area contributed by atoms with Crippen molar-refractivity contribution >= 4 is 12.0 Å². The van der Waals surface area contributed by atoms with Crippen LogP contribution < -0.4 is 4.74 Å². The van der Waals surface area contributed by atoms with Crippen LogP contribution in [0, 0.1) is 0 Å². The first kappa shape index (κ1) is 14.3. The van der Waals surface area contributed by atoms with Gasteiger partial charge in [-0.2, -0.15) is 0 Å². The molecule has 0 aromatic heterocycles. The number of nitrogens with zero attached hydrogens (tertiary/aromatic N) is 1. The molecule has 0 unspecified atom stereocenters. The summed E-state index contributed by atoms with van der Waals surface area (Å²) in [5.41, 5.74) is 0.930. The van der Waals surface area contributed by atoms with Crippen LogP contribution in [-0.2, 0) is 4.79 Å². The number of amides is 1. The predicted molar refractivity (Wildman–Crippen MR) is 74.6 cm³/mol. The summed E-state index contributed by atoms with van der Waals surface area (Å²) in [7, 11) is 0. The molecular formula is C15H21NO2. The first-order valence-electron chi connectivity index (χ1n) is 6.41. The van der Waals surface area contributed by atoms with Crippen LogP contribution in [0.15, 0.2) is 30.3 Å². The lowest BCUT2D eigenvalue weighted by Crippen LogP contribution is -2.28. The van der Waals surface area contributed by atoms with Gasteiger partial charge in [0, 0.05) is 24.7 Å². The number of carbonyl (C=O) groups is 1. The summed E-state index contributed by atoms with van der Waals surface area (Å²) in [4.78, 5) is 13.6. The third-order valence-corrected chi connectivity index (χ3v) is 2.70. The van der Waals surface area contributed by atoms with Gasteiger partial charge in [-0.15, -0.1) is 0 Å². The Morgan fingerprint density at radius 3 is 2.50 bits per heavy atom. The van der Waals surface area contributed by atoms with Gasteiger partial charge in [0.05, 0.1) is 6.61 Å². The van der Waals surface area contributed by atoms with Crippen molar-refractivity contribution in [1.82, 2.24) is 4.90 Å². The number of hydrogen-bond acceptors (Lipinski definition) is 2. The normalized spacial score (nSPS) is 10.6. The molecule has 1 aromatic carbocycles. The molecule has 0 aliphatic rings. The minimum absolute atomic E-state index is 0.0336. The summed E-state index contributed by atoms with van der Waals surface area (Å²) < 4.78 is 5.51. The molecule has 1 aromatic rings. The minimum atomic E-state index is 0.0336. The summed E-state index contributed by atoms with van der Waals surface area (Å²) in [6.45, 7) is 7.97. The summed E-state index contributed by atoms with van der Waals surface area (Å²) in [6, 6.07) is 7.71. The highest BCUT2D eigenvalue weighted by molar-refractivity contribution is 5.92. The fourth-order valence-electron chi connectivity index (χ4n) is 1.71. The van der Waals surface area contributed by atoms with Gasteiger partial charge < -0.3 is 9.64 Å². The van der Waals surface area contributed by atoms with E-state index >= 15 is 0 Å². The van der Waals surface area contributed by atoms with Crippen LogP contribution in [0.4, 0.5) is 0 Å². The number of rotatable bonds is 6. The number of hydrogen-bond donors (Lipinski definition) is 0. The van der Waals surface area contributed by atoms with Crippen LogP contribution in [-0.4, -0.2) is 30.5 Å². The van der Waals surface area contributed by atoms with E-state index in [-0.39, 0.29) is 5.91 Å². The molecule has 0 aliphatic heterocycles. The molecule has 0 aliphatic carbocycles. The van der Waals surface area contributed by atoms with Gasteiger partial charge in [-0.3, -0.25) is 4.79 Å². The van der Waals surface area contributed by atoms with Crippen molar-refractivity contribution in [3.63, 3.8) is 0 Å². The van der Waals surface area contributed by atoms with Crippen molar-refractivity contribution in [3.8, 4) is 5.75 Å². The van der Waals surface area contributed by atoms with Crippen LogP contribution in [0.25, 0.3) is 6.08 Å². The maximum Gasteiger partial charge on any atom is 0.246 e. The molecule has 18 heavy (non-hydrogen) atoms. The molecule has 0 saturated carbocycles. The van der Waals surface area contributed by atoms with Gasteiger partial charge in [-0.1, -0.05) is 18.2 Å². The molecule has 0 radical (unpaired) electrons. The fourth-order valence-corrected chi connectivity index (χ4v) is 1.71. The zero-order chi connectivity index (χ0) is 13.4. The smallest absolute Gasteiger partial charge is 0.246 e. The minimum Gasteiger partial charge on any atom is -0.493 e. The molecular weight excluding hydrogens is 226 g/mol. The SMILES string of the molecule is CCOc1ccccc1/C=C\C(=O)N(CC)CC. The first-order valence-corrected chi connectivity index (χ1v) is 6.41. The third-order valence-electron chi connectivity index (χ3n) is 2.70. The zero-order valence-corrected chi connectivity index (χ0v) is 11.3. The van der Waals surface area contributed by atoms with Crippen molar-refractivity contribution in [2.75, 3.05) is 19.7 Å². The molecule has 0 heterocycles. The summed E-state index contributed by atoms with van der Waals surface area (Å²) in [5.74, 6) is 0.842. The standard InChI is InChI=1S/C15H21NO2/c1-4-16(5-2)15(17)12-11-13-9-7-8-10-14(13)18-6-3/h7-12H,4-6H2,1-3H3/b12-11-. The van der Waals surface area contributed by atoms with Gasteiger partial charge in [-0.25, -0.2) is 0 Å². The van der Waals surface area contributed by atoms with Crippen molar-refractivity contribution in [1.29, 1.82) is 0 Å². The van der Waals surface area contributed by atoms with Gasteiger partial charge in [0.2, 0.25) is 5.91 Å². The molecule has 0 bridgehead atoms. The predicted octanol–water partition coefficient (Wildman–Crippen LogP) is 2.97. The highest BCUT2D eigenvalue weighted by atomic mass is 16.5. The van der Waals surface area contributed by atoms with Gasteiger partial charge in [0.25, 0.3) is 0 Å². The van der Waals surface area contributed by atoms with E-state index in [0.717, 1.165) is 24.4 Å². The molecule has 3 nitrogen and oxygen atoms in total. The lowest BCUT2D eigenvalue weighted by Gasteiger charge is -2.16. The monoisotopic (exact) mass is 247 g/mol. The number of para-hydroxylation sites is 1. The average molecular weight is 247 g/mol. The number of carbonyl (C=O) groups excluding carboxylic acids is 1. The van der Waals surface area contributed by atoms with E-state index < -0.39 is 0 Å². The topological polar surface area (TPSA) is 29.5 Å². The summed E-state index contributed by atoms with van der Waals surface area (Å²) in [6.07, 6.45) is 3.41. The largest absolute Gasteiger partial charge is 0.493 e. The first-order chi connectivity index (χ1) is 8.72. The fraction of sp³-hybridized carbons (Fsp3) is 0.400. The molecule has 0 spiro atoms. The van der Waals surface area contributed by atoms with Crippen LogP contribution in [0.5, 0.6) is 5.75 Å². The van der Waals surface area contributed by atoms with Gasteiger partial charge in [0.15, 0.2) is 0 Å². The number of likely N-dealkylation sites (N-methyl/N-ethyl adjacent to an activating group) is 1. The van der Waals surface area contributed by atoms with E-state index in [1.807, 2.05) is 51.1 Å². The molecule has 1 amide bonds. The Hall–Kier alpha value is -1.77. The summed E-state index contributed by atoms with van der Waals surface area (Å²) >= 11 is 0. The molecule has 0 atom stereocenters. The average Bonchev–Trinajstić information content (AvgIpc) is 2.39. The Balaban J connectivity index is 2.80. The molecule has 0 N–H and O–H groups in total. The molecule has 0 saturated heterocycles. The van der Waals surface area contributed by atoms with E-state index in [1.54, 1.807) is 11.0 Å². The second-order valence-corrected chi connectivity index (χ2v) is 3.81. The highest BCUT2D eigenvalue weighted by Crippen LogP contribution is 2.19. The van der Waals surface area contributed by atoms with E-state index in [4.69, 9.17) is 4.74 Å². The Bertz CT molecular complexity index is 409. The van der Waals surface area contributed by atoms with Crippen molar-refractivity contribution in [3.05, 3.63) is 35.9 Å². The van der Waals surface area contributed by atoms with Crippen molar-refractivity contribution < 1.29 is 9.53 Å². The molecule has 3 heteroatoms. The van der Waals surface area contributed by atoms with Gasteiger partial charge in [0.1, 0.15) is 5.75 Å².